The first-order valence-corrected chi connectivity index (χ1v) is 5.35. The summed E-state index contributed by atoms with van der Waals surface area (Å²) in [7, 11) is 1.43. The van der Waals surface area contributed by atoms with E-state index in [1.54, 1.807) is 0 Å². The Kier molecular flexibility index (Phi) is 4.45. The lowest BCUT2D eigenvalue weighted by Crippen LogP contribution is -2.39. The smallest absolute Gasteiger partial charge is 0.241 e. The summed E-state index contributed by atoms with van der Waals surface area (Å²) in [6.45, 7) is 3.69. The molecule has 0 aromatic heterocycles. The fourth-order valence-corrected chi connectivity index (χ4v) is 1.28. The number of anilines is 1. The van der Waals surface area contributed by atoms with Crippen LogP contribution in [0.4, 0.5) is 10.1 Å². The number of carbonyl (C=O) groups excluding carboxylic acids is 1. The van der Waals surface area contributed by atoms with Gasteiger partial charge >= 0.3 is 0 Å². The van der Waals surface area contributed by atoms with Gasteiger partial charge < -0.3 is 15.8 Å². The highest BCUT2D eigenvalue weighted by Gasteiger charge is 2.17. The number of amides is 1. The van der Waals surface area contributed by atoms with Crippen LogP contribution in [0.15, 0.2) is 18.2 Å². The molecule has 0 saturated carbocycles. The van der Waals surface area contributed by atoms with Crippen molar-refractivity contribution < 1.29 is 13.9 Å². The molecule has 0 bridgehead atoms. The Morgan fingerprint density at radius 2 is 2.06 bits per heavy atom. The van der Waals surface area contributed by atoms with Crippen molar-refractivity contribution in [2.45, 2.75) is 19.9 Å². The van der Waals surface area contributed by atoms with Gasteiger partial charge in [0.2, 0.25) is 5.91 Å². The van der Waals surface area contributed by atoms with Crippen LogP contribution in [0.5, 0.6) is 5.75 Å². The average Bonchev–Trinajstić information content (AvgIpc) is 2.26. The maximum Gasteiger partial charge on any atom is 0.241 e. The van der Waals surface area contributed by atoms with E-state index in [1.165, 1.54) is 25.3 Å². The summed E-state index contributed by atoms with van der Waals surface area (Å²) < 4.78 is 18.1. The van der Waals surface area contributed by atoms with Crippen LogP contribution >= 0.6 is 0 Å². The Labute approximate surface area is 100.0 Å². The molecule has 17 heavy (non-hydrogen) atoms. The van der Waals surface area contributed by atoms with Crippen molar-refractivity contribution in [1.29, 1.82) is 0 Å². The predicted octanol–water partition coefficient (Wildman–Crippen LogP) is 1.76. The first kappa shape index (κ1) is 13.4. The van der Waals surface area contributed by atoms with Crippen molar-refractivity contribution in [3.63, 3.8) is 0 Å². The van der Waals surface area contributed by atoms with E-state index in [0.29, 0.717) is 11.4 Å². The molecule has 0 aliphatic rings. The van der Waals surface area contributed by atoms with Crippen molar-refractivity contribution >= 4 is 11.6 Å². The first-order valence-electron chi connectivity index (χ1n) is 5.35. The zero-order valence-corrected chi connectivity index (χ0v) is 10.2. The van der Waals surface area contributed by atoms with Crippen LogP contribution in [-0.2, 0) is 4.79 Å². The molecule has 1 aromatic carbocycles. The van der Waals surface area contributed by atoms with Gasteiger partial charge in [0.25, 0.3) is 0 Å². The van der Waals surface area contributed by atoms with Gasteiger partial charge in [0.05, 0.1) is 13.2 Å². The highest BCUT2D eigenvalue weighted by Crippen LogP contribution is 2.20. The van der Waals surface area contributed by atoms with E-state index >= 15 is 0 Å². The number of methoxy groups -OCH3 is 1. The molecule has 0 aliphatic carbocycles. The average molecular weight is 240 g/mol. The topological polar surface area (TPSA) is 64.3 Å². The minimum Gasteiger partial charge on any atom is -0.497 e. The van der Waals surface area contributed by atoms with Crippen LogP contribution in [0.3, 0.4) is 0 Å². The highest BCUT2D eigenvalue weighted by molar-refractivity contribution is 5.95. The van der Waals surface area contributed by atoms with E-state index in [0.717, 1.165) is 0 Å². The lowest BCUT2D eigenvalue weighted by atomic mass is 10.0. The molecule has 94 valence electrons. The number of nitrogens with two attached hydrogens (primary N) is 1. The number of halogens is 1. The summed E-state index contributed by atoms with van der Waals surface area (Å²) in [5.74, 6) is -0.450. The number of nitrogens with one attached hydrogen (secondary N) is 1. The summed E-state index contributed by atoms with van der Waals surface area (Å²) >= 11 is 0. The van der Waals surface area contributed by atoms with E-state index in [-0.39, 0.29) is 11.8 Å². The van der Waals surface area contributed by atoms with E-state index in [1.807, 2.05) is 13.8 Å². The van der Waals surface area contributed by atoms with Crippen molar-refractivity contribution in [1.82, 2.24) is 0 Å². The Bertz CT molecular complexity index is 407. The van der Waals surface area contributed by atoms with E-state index < -0.39 is 11.9 Å². The van der Waals surface area contributed by atoms with Crippen LogP contribution in [0.25, 0.3) is 0 Å². The van der Waals surface area contributed by atoms with Crippen LogP contribution < -0.4 is 15.8 Å². The Morgan fingerprint density at radius 1 is 1.41 bits per heavy atom. The quantitative estimate of drug-likeness (QED) is 0.842. The second-order valence-electron chi connectivity index (χ2n) is 4.14. The van der Waals surface area contributed by atoms with Gasteiger partial charge in [0.15, 0.2) is 0 Å². The van der Waals surface area contributed by atoms with Crippen LogP contribution in [0.2, 0.25) is 0 Å². The second kappa shape index (κ2) is 5.63. The van der Waals surface area contributed by atoms with Gasteiger partial charge in [0, 0.05) is 17.8 Å². The Hall–Kier alpha value is -1.62. The third-order valence-corrected chi connectivity index (χ3v) is 2.40. The third-order valence-electron chi connectivity index (χ3n) is 2.40. The molecule has 3 N–H and O–H groups in total. The van der Waals surface area contributed by atoms with Crippen molar-refractivity contribution in [3.05, 3.63) is 24.0 Å². The summed E-state index contributed by atoms with van der Waals surface area (Å²) in [4.78, 5) is 11.7. The molecule has 1 atom stereocenters. The SMILES string of the molecule is COc1cc(F)cc(NC(=O)[C@@H](N)C(C)C)c1. The van der Waals surface area contributed by atoms with Gasteiger partial charge in [-0.1, -0.05) is 13.8 Å². The maximum atomic E-state index is 13.2. The third kappa shape index (κ3) is 3.71. The number of hydrogen-bond acceptors (Lipinski definition) is 3. The van der Waals surface area contributed by atoms with Crippen LogP contribution in [0.1, 0.15) is 13.8 Å². The fraction of sp³-hybridized carbons (Fsp3) is 0.417. The first-order chi connectivity index (χ1) is 7.93. The fourth-order valence-electron chi connectivity index (χ4n) is 1.28. The van der Waals surface area contributed by atoms with Gasteiger partial charge in [0.1, 0.15) is 11.6 Å². The molecule has 1 amide bonds. The maximum absolute atomic E-state index is 13.2. The lowest BCUT2D eigenvalue weighted by Gasteiger charge is -2.15. The molecular formula is C12H17FN2O2. The minimum absolute atomic E-state index is 0.0189. The van der Waals surface area contributed by atoms with E-state index in [2.05, 4.69) is 5.32 Å². The molecule has 0 heterocycles. The highest BCUT2D eigenvalue weighted by atomic mass is 19.1. The van der Waals surface area contributed by atoms with E-state index in [4.69, 9.17) is 10.5 Å². The molecular weight excluding hydrogens is 223 g/mol. The monoisotopic (exact) mass is 240 g/mol. The standard InChI is InChI=1S/C12H17FN2O2/c1-7(2)11(14)12(16)15-9-4-8(13)5-10(6-9)17-3/h4-7,11H,14H2,1-3H3,(H,15,16)/t11-/m0/s1. The van der Waals surface area contributed by atoms with Gasteiger partial charge in [-0.3, -0.25) is 4.79 Å². The molecule has 0 fully saturated rings. The normalized spacial score (nSPS) is 12.4. The van der Waals surface area contributed by atoms with Gasteiger partial charge in [-0.25, -0.2) is 4.39 Å². The van der Waals surface area contributed by atoms with Gasteiger partial charge in [-0.2, -0.15) is 0 Å². The molecule has 0 spiro atoms. The zero-order valence-electron chi connectivity index (χ0n) is 10.2. The number of hydrogen-bond donors (Lipinski definition) is 2. The van der Waals surface area contributed by atoms with Gasteiger partial charge in [-0.15, -0.1) is 0 Å². The Morgan fingerprint density at radius 3 is 2.59 bits per heavy atom. The van der Waals surface area contributed by atoms with Crippen molar-refractivity contribution in [2.75, 3.05) is 12.4 Å². The number of rotatable bonds is 4. The number of carbonyl (C=O) groups is 1. The molecule has 4 nitrogen and oxygen atoms in total. The second-order valence-corrected chi connectivity index (χ2v) is 4.14. The molecule has 0 saturated heterocycles. The van der Waals surface area contributed by atoms with Crippen molar-refractivity contribution in [3.8, 4) is 5.75 Å². The van der Waals surface area contributed by atoms with Crippen LogP contribution in [0, 0.1) is 11.7 Å². The lowest BCUT2D eigenvalue weighted by molar-refractivity contribution is -0.118. The molecule has 0 aliphatic heterocycles. The predicted molar refractivity (Wildman–Crippen MR) is 64.4 cm³/mol. The largest absolute Gasteiger partial charge is 0.497 e. The Balaban J connectivity index is 2.81. The summed E-state index contributed by atoms with van der Waals surface area (Å²) in [6, 6.07) is 3.36. The molecule has 1 aromatic rings. The molecule has 0 radical (unpaired) electrons. The molecule has 0 unspecified atom stereocenters. The number of ether oxygens (including phenoxy) is 1. The summed E-state index contributed by atoms with van der Waals surface area (Å²) in [5.41, 5.74) is 6.02. The molecule has 5 heteroatoms. The van der Waals surface area contributed by atoms with Crippen molar-refractivity contribution in [2.24, 2.45) is 11.7 Å². The molecule has 1 rings (SSSR count). The summed E-state index contributed by atoms with van der Waals surface area (Å²) in [6.07, 6.45) is 0. The minimum atomic E-state index is -0.621. The van der Waals surface area contributed by atoms with Gasteiger partial charge in [-0.05, 0) is 12.0 Å². The number of benzene rings is 1. The summed E-state index contributed by atoms with van der Waals surface area (Å²) in [5, 5.41) is 2.55. The van der Waals surface area contributed by atoms with E-state index in [9.17, 15) is 9.18 Å². The van der Waals surface area contributed by atoms with Crippen LogP contribution in [-0.4, -0.2) is 19.1 Å². The zero-order chi connectivity index (χ0) is 13.0.